The Morgan fingerprint density at radius 2 is 1.95 bits per heavy atom. The molecule has 0 radical (unpaired) electrons. The fraction of sp³-hybridized carbons (Fsp3) is 0.294. The number of pyridine rings is 1. The van der Waals surface area contributed by atoms with Crippen LogP contribution in [0.2, 0.25) is 0 Å². The van der Waals surface area contributed by atoms with E-state index >= 15 is 0 Å². The van der Waals surface area contributed by atoms with Crippen molar-refractivity contribution in [1.82, 2.24) is 10.3 Å². The summed E-state index contributed by atoms with van der Waals surface area (Å²) < 4.78 is 4.89. The van der Waals surface area contributed by atoms with Gasteiger partial charge in [0.05, 0.1) is 12.2 Å². The van der Waals surface area contributed by atoms with Gasteiger partial charge in [-0.15, -0.1) is 0 Å². The van der Waals surface area contributed by atoms with Crippen molar-refractivity contribution in [2.24, 2.45) is 0 Å². The topological polar surface area (TPSA) is 63.2 Å². The minimum Gasteiger partial charge on any atom is -0.383 e. The van der Waals surface area contributed by atoms with Gasteiger partial charge in [0.2, 0.25) is 0 Å². The van der Waals surface area contributed by atoms with Crippen LogP contribution in [0.15, 0.2) is 42.6 Å². The van der Waals surface area contributed by atoms with Crippen molar-refractivity contribution in [1.29, 1.82) is 0 Å². The van der Waals surface area contributed by atoms with Gasteiger partial charge in [0.1, 0.15) is 5.82 Å². The van der Waals surface area contributed by atoms with Crippen molar-refractivity contribution in [3.63, 3.8) is 0 Å². The smallest absolute Gasteiger partial charge is 0.252 e. The van der Waals surface area contributed by atoms with Crippen LogP contribution in [0.1, 0.15) is 21.5 Å². The van der Waals surface area contributed by atoms with Crippen molar-refractivity contribution in [3.05, 3.63) is 59.3 Å². The summed E-state index contributed by atoms with van der Waals surface area (Å²) in [5.41, 5.74) is 2.97. The van der Waals surface area contributed by atoms with Gasteiger partial charge in [0.25, 0.3) is 5.91 Å². The molecule has 0 atom stereocenters. The van der Waals surface area contributed by atoms with E-state index in [0.29, 0.717) is 25.3 Å². The Kier molecular flexibility index (Phi) is 5.91. The van der Waals surface area contributed by atoms with Crippen LogP contribution >= 0.6 is 0 Å². The highest BCUT2D eigenvalue weighted by atomic mass is 16.5. The van der Waals surface area contributed by atoms with Crippen molar-refractivity contribution >= 4 is 11.7 Å². The number of hydrogen-bond acceptors (Lipinski definition) is 4. The molecule has 0 fully saturated rings. The second-order valence-corrected chi connectivity index (χ2v) is 5.02. The Labute approximate surface area is 130 Å². The van der Waals surface area contributed by atoms with Gasteiger partial charge in [-0.3, -0.25) is 4.79 Å². The summed E-state index contributed by atoms with van der Waals surface area (Å²) in [6, 6.07) is 11.9. The van der Waals surface area contributed by atoms with Gasteiger partial charge in [-0.25, -0.2) is 4.98 Å². The van der Waals surface area contributed by atoms with Gasteiger partial charge in [-0.05, 0) is 24.6 Å². The molecule has 1 amide bonds. The number of nitrogens with zero attached hydrogens (tertiary/aromatic N) is 1. The first kappa shape index (κ1) is 16.0. The number of carbonyl (C=O) groups excluding carboxylic acids is 1. The number of carbonyl (C=O) groups is 1. The summed E-state index contributed by atoms with van der Waals surface area (Å²) in [6.45, 7) is 3.75. The molecule has 0 saturated carbocycles. The highest BCUT2D eigenvalue weighted by molar-refractivity contribution is 5.94. The van der Waals surface area contributed by atoms with Crippen molar-refractivity contribution < 1.29 is 9.53 Å². The molecule has 1 aromatic carbocycles. The van der Waals surface area contributed by atoms with Crippen LogP contribution in [-0.2, 0) is 11.3 Å². The molecule has 5 heteroatoms. The lowest BCUT2D eigenvalue weighted by atomic mass is 10.1. The zero-order valence-corrected chi connectivity index (χ0v) is 12.9. The van der Waals surface area contributed by atoms with Crippen LogP contribution in [-0.4, -0.2) is 31.2 Å². The van der Waals surface area contributed by atoms with E-state index in [9.17, 15) is 4.79 Å². The van der Waals surface area contributed by atoms with Gasteiger partial charge in [-0.1, -0.05) is 29.8 Å². The second-order valence-electron chi connectivity index (χ2n) is 5.02. The monoisotopic (exact) mass is 299 g/mol. The van der Waals surface area contributed by atoms with Gasteiger partial charge in [0, 0.05) is 26.4 Å². The van der Waals surface area contributed by atoms with Crippen LogP contribution < -0.4 is 10.6 Å². The highest BCUT2D eigenvalue weighted by Gasteiger charge is 2.05. The molecule has 2 N–H and O–H groups in total. The first-order chi connectivity index (χ1) is 10.7. The number of ether oxygens (including phenoxy) is 1. The average molecular weight is 299 g/mol. The Hall–Kier alpha value is -2.40. The number of rotatable bonds is 7. The molecule has 0 unspecified atom stereocenters. The van der Waals surface area contributed by atoms with E-state index in [1.807, 2.05) is 0 Å². The maximum atomic E-state index is 11.8. The van der Waals surface area contributed by atoms with Crippen molar-refractivity contribution in [3.8, 4) is 0 Å². The van der Waals surface area contributed by atoms with Gasteiger partial charge >= 0.3 is 0 Å². The number of aryl methyl sites for hydroxylation is 1. The largest absolute Gasteiger partial charge is 0.383 e. The number of benzene rings is 1. The first-order valence-corrected chi connectivity index (χ1v) is 7.21. The fourth-order valence-electron chi connectivity index (χ4n) is 1.90. The van der Waals surface area contributed by atoms with E-state index in [1.54, 1.807) is 25.4 Å². The standard InChI is InChI=1S/C17H21N3O2/c1-13-3-5-14(6-4-13)11-19-16-8-7-15(12-20-16)17(21)18-9-10-22-2/h3-8,12H,9-11H2,1-2H3,(H,18,21)(H,19,20). The molecular weight excluding hydrogens is 278 g/mol. The van der Waals surface area contributed by atoms with Crippen LogP contribution in [0.25, 0.3) is 0 Å². The quantitative estimate of drug-likeness (QED) is 0.771. The summed E-state index contributed by atoms with van der Waals surface area (Å²) in [7, 11) is 1.60. The normalized spacial score (nSPS) is 10.3. The lowest BCUT2D eigenvalue weighted by molar-refractivity contribution is 0.0937. The van der Waals surface area contributed by atoms with Crippen molar-refractivity contribution in [2.75, 3.05) is 25.6 Å². The first-order valence-electron chi connectivity index (χ1n) is 7.21. The molecule has 22 heavy (non-hydrogen) atoms. The molecule has 5 nitrogen and oxygen atoms in total. The summed E-state index contributed by atoms with van der Waals surface area (Å²) in [5, 5.41) is 5.99. The van der Waals surface area contributed by atoms with Crippen LogP contribution in [0.5, 0.6) is 0 Å². The molecule has 0 aliphatic heterocycles. The number of amides is 1. The van der Waals surface area contributed by atoms with E-state index < -0.39 is 0 Å². The van der Waals surface area contributed by atoms with E-state index in [-0.39, 0.29) is 5.91 Å². The number of anilines is 1. The molecule has 2 aromatic rings. The molecule has 1 aromatic heterocycles. The maximum absolute atomic E-state index is 11.8. The highest BCUT2D eigenvalue weighted by Crippen LogP contribution is 2.08. The summed E-state index contributed by atoms with van der Waals surface area (Å²) in [6.07, 6.45) is 1.57. The zero-order valence-electron chi connectivity index (χ0n) is 12.9. The van der Waals surface area contributed by atoms with E-state index in [4.69, 9.17) is 4.74 Å². The number of hydrogen-bond donors (Lipinski definition) is 2. The second kappa shape index (κ2) is 8.14. The minimum absolute atomic E-state index is 0.144. The Morgan fingerprint density at radius 3 is 2.59 bits per heavy atom. The van der Waals surface area contributed by atoms with Gasteiger partial charge in [-0.2, -0.15) is 0 Å². The lowest BCUT2D eigenvalue weighted by Gasteiger charge is -2.07. The molecule has 1 heterocycles. The van der Waals surface area contributed by atoms with Crippen LogP contribution in [0, 0.1) is 6.92 Å². The fourth-order valence-corrected chi connectivity index (χ4v) is 1.90. The Balaban J connectivity index is 1.86. The summed E-state index contributed by atoms with van der Waals surface area (Å²) in [5.74, 6) is 0.601. The number of aromatic nitrogens is 1. The summed E-state index contributed by atoms with van der Waals surface area (Å²) in [4.78, 5) is 16.1. The Bertz CT molecular complexity index is 594. The average Bonchev–Trinajstić information content (AvgIpc) is 2.55. The van der Waals surface area contributed by atoms with Gasteiger partial charge < -0.3 is 15.4 Å². The van der Waals surface area contributed by atoms with E-state index in [1.165, 1.54) is 11.1 Å². The predicted octanol–water partition coefficient (Wildman–Crippen LogP) is 2.38. The molecule has 0 saturated heterocycles. The SMILES string of the molecule is COCCNC(=O)c1ccc(NCc2ccc(C)cc2)nc1. The zero-order chi connectivity index (χ0) is 15.8. The third-order valence-corrected chi connectivity index (χ3v) is 3.21. The number of methoxy groups -OCH3 is 1. The molecule has 0 aliphatic carbocycles. The molecular formula is C17H21N3O2. The van der Waals surface area contributed by atoms with Crippen LogP contribution in [0.3, 0.4) is 0 Å². The van der Waals surface area contributed by atoms with Crippen molar-refractivity contribution in [2.45, 2.75) is 13.5 Å². The van der Waals surface area contributed by atoms with Crippen LogP contribution in [0.4, 0.5) is 5.82 Å². The molecule has 0 bridgehead atoms. The number of nitrogens with one attached hydrogen (secondary N) is 2. The van der Waals surface area contributed by atoms with Gasteiger partial charge in [0.15, 0.2) is 0 Å². The molecule has 0 aliphatic rings. The maximum Gasteiger partial charge on any atom is 0.252 e. The molecule has 0 spiro atoms. The predicted molar refractivity (Wildman–Crippen MR) is 87.0 cm³/mol. The third-order valence-electron chi connectivity index (χ3n) is 3.21. The Morgan fingerprint density at radius 1 is 1.18 bits per heavy atom. The molecule has 2 rings (SSSR count). The minimum atomic E-state index is -0.144. The molecule has 116 valence electrons. The van der Waals surface area contributed by atoms with E-state index in [0.717, 1.165) is 5.82 Å². The third kappa shape index (κ3) is 4.86. The summed E-state index contributed by atoms with van der Waals surface area (Å²) >= 11 is 0. The van der Waals surface area contributed by atoms with E-state index in [2.05, 4.69) is 46.8 Å². The lowest BCUT2D eigenvalue weighted by Crippen LogP contribution is -2.27.